The standard InChI is InChI=1S/C23H23N3O2S/c27-22(9-10-23(28)26-13-14-29-21-8-4-3-7-20(21)26)25-12-11-19-17(15-25)16-5-1-2-6-18(16)24-19/h1-8,24H,9-15H2. The normalized spacial score (nSPS) is 15.9. The Balaban J connectivity index is 1.24. The summed E-state index contributed by atoms with van der Waals surface area (Å²) < 4.78 is 0. The highest BCUT2D eigenvalue weighted by molar-refractivity contribution is 7.99. The van der Waals surface area contributed by atoms with Crippen molar-refractivity contribution in [3.8, 4) is 0 Å². The fourth-order valence-corrected chi connectivity index (χ4v) is 5.31. The Morgan fingerprint density at radius 1 is 0.966 bits per heavy atom. The third-order valence-electron chi connectivity index (χ3n) is 5.82. The number of amides is 2. The summed E-state index contributed by atoms with van der Waals surface area (Å²) in [5.74, 6) is 0.997. The minimum atomic E-state index is 0.0379. The molecule has 0 saturated heterocycles. The number of para-hydroxylation sites is 2. The number of anilines is 1. The summed E-state index contributed by atoms with van der Waals surface area (Å²) >= 11 is 1.78. The molecule has 5 rings (SSSR count). The highest BCUT2D eigenvalue weighted by atomic mass is 32.2. The van der Waals surface area contributed by atoms with Crippen LogP contribution < -0.4 is 4.90 Å². The van der Waals surface area contributed by atoms with Crippen LogP contribution in [0.5, 0.6) is 0 Å². The highest BCUT2D eigenvalue weighted by Crippen LogP contribution is 2.34. The number of H-pyrrole nitrogens is 1. The Morgan fingerprint density at radius 2 is 1.76 bits per heavy atom. The summed E-state index contributed by atoms with van der Waals surface area (Å²) in [5.41, 5.74) is 4.55. The lowest BCUT2D eigenvalue weighted by atomic mass is 10.0. The van der Waals surface area contributed by atoms with Gasteiger partial charge in [-0.05, 0) is 18.2 Å². The molecule has 29 heavy (non-hydrogen) atoms. The Hall–Kier alpha value is -2.73. The van der Waals surface area contributed by atoms with Gasteiger partial charge in [-0.1, -0.05) is 30.3 Å². The van der Waals surface area contributed by atoms with Crippen molar-refractivity contribution in [3.05, 3.63) is 59.8 Å². The number of benzene rings is 2. The van der Waals surface area contributed by atoms with Crippen LogP contribution in [0.2, 0.25) is 0 Å². The van der Waals surface area contributed by atoms with E-state index in [4.69, 9.17) is 0 Å². The number of rotatable bonds is 3. The second-order valence-corrected chi connectivity index (χ2v) is 8.69. The number of nitrogens with zero attached hydrogens (tertiary/aromatic N) is 2. The average molecular weight is 406 g/mol. The number of carbonyl (C=O) groups is 2. The van der Waals surface area contributed by atoms with Crippen LogP contribution in [0.1, 0.15) is 24.1 Å². The Bertz CT molecular complexity index is 1090. The van der Waals surface area contributed by atoms with Crippen molar-refractivity contribution in [1.29, 1.82) is 0 Å². The molecule has 0 radical (unpaired) electrons. The van der Waals surface area contributed by atoms with Gasteiger partial charge in [0.2, 0.25) is 11.8 Å². The van der Waals surface area contributed by atoms with Gasteiger partial charge in [0.1, 0.15) is 0 Å². The minimum absolute atomic E-state index is 0.0379. The molecule has 3 heterocycles. The van der Waals surface area contributed by atoms with Gasteiger partial charge < -0.3 is 14.8 Å². The summed E-state index contributed by atoms with van der Waals surface area (Å²) in [7, 11) is 0. The molecule has 3 aromatic rings. The first-order chi connectivity index (χ1) is 14.2. The van der Waals surface area contributed by atoms with Gasteiger partial charge in [0.05, 0.1) is 5.69 Å². The van der Waals surface area contributed by atoms with Gasteiger partial charge in [0.25, 0.3) is 0 Å². The smallest absolute Gasteiger partial charge is 0.227 e. The lowest BCUT2D eigenvalue weighted by Crippen LogP contribution is -2.38. The van der Waals surface area contributed by atoms with Crippen molar-refractivity contribution in [2.45, 2.75) is 30.7 Å². The lowest BCUT2D eigenvalue weighted by Gasteiger charge is -2.30. The zero-order valence-electron chi connectivity index (χ0n) is 16.2. The fourth-order valence-electron chi connectivity index (χ4n) is 4.31. The molecule has 0 bridgehead atoms. The highest BCUT2D eigenvalue weighted by Gasteiger charge is 2.26. The van der Waals surface area contributed by atoms with Gasteiger partial charge in [-0.15, -0.1) is 11.8 Å². The number of aromatic amines is 1. The van der Waals surface area contributed by atoms with Gasteiger partial charge in [0, 0.05) is 71.7 Å². The first-order valence-electron chi connectivity index (χ1n) is 10.1. The number of hydrogen-bond donors (Lipinski definition) is 1. The van der Waals surface area contributed by atoms with Crippen molar-refractivity contribution in [2.24, 2.45) is 0 Å². The van der Waals surface area contributed by atoms with Crippen LogP contribution in [0.25, 0.3) is 10.9 Å². The molecular formula is C23H23N3O2S. The second kappa shape index (κ2) is 7.59. The van der Waals surface area contributed by atoms with Crippen LogP contribution in [0.4, 0.5) is 5.69 Å². The molecule has 0 aliphatic carbocycles. The topological polar surface area (TPSA) is 56.4 Å². The summed E-state index contributed by atoms with van der Waals surface area (Å²) in [4.78, 5) is 34.0. The first-order valence-corrected chi connectivity index (χ1v) is 11.1. The van der Waals surface area contributed by atoms with Crippen molar-refractivity contribution in [3.63, 3.8) is 0 Å². The van der Waals surface area contributed by atoms with Gasteiger partial charge in [0.15, 0.2) is 0 Å². The molecule has 1 aromatic heterocycles. The molecule has 148 valence electrons. The molecule has 0 spiro atoms. The maximum absolute atomic E-state index is 12.8. The predicted octanol–water partition coefficient (Wildman–Crippen LogP) is 3.97. The number of thioether (sulfide) groups is 1. The summed E-state index contributed by atoms with van der Waals surface area (Å²) in [5, 5.41) is 1.19. The second-order valence-electron chi connectivity index (χ2n) is 7.55. The van der Waals surface area contributed by atoms with Crippen LogP contribution >= 0.6 is 11.8 Å². The molecule has 6 heteroatoms. The summed E-state index contributed by atoms with van der Waals surface area (Å²) in [6, 6.07) is 16.2. The van der Waals surface area contributed by atoms with Gasteiger partial charge in [-0.25, -0.2) is 0 Å². The van der Waals surface area contributed by atoms with E-state index < -0.39 is 0 Å². The van der Waals surface area contributed by atoms with Crippen molar-refractivity contribution in [2.75, 3.05) is 23.7 Å². The maximum atomic E-state index is 12.8. The largest absolute Gasteiger partial charge is 0.358 e. The monoisotopic (exact) mass is 405 g/mol. The van der Waals surface area contributed by atoms with Crippen LogP contribution in [0.3, 0.4) is 0 Å². The fraction of sp³-hybridized carbons (Fsp3) is 0.304. The SMILES string of the molecule is O=C(CCC(=O)N1CCSc2ccccc21)N1CCc2[nH]c3ccccc3c2C1. The molecule has 0 fully saturated rings. The maximum Gasteiger partial charge on any atom is 0.227 e. The Labute approximate surface area is 174 Å². The molecule has 5 nitrogen and oxygen atoms in total. The molecular weight excluding hydrogens is 382 g/mol. The van der Waals surface area contributed by atoms with E-state index in [9.17, 15) is 9.59 Å². The average Bonchev–Trinajstić information content (AvgIpc) is 3.14. The van der Waals surface area contributed by atoms with E-state index in [-0.39, 0.29) is 24.7 Å². The zero-order chi connectivity index (χ0) is 19.8. The Morgan fingerprint density at radius 3 is 2.69 bits per heavy atom. The number of nitrogens with one attached hydrogen (secondary N) is 1. The van der Waals surface area contributed by atoms with E-state index in [1.54, 1.807) is 11.8 Å². The van der Waals surface area contributed by atoms with Crippen LogP contribution in [0.15, 0.2) is 53.4 Å². The number of fused-ring (bicyclic) bond motifs is 4. The van der Waals surface area contributed by atoms with Crippen molar-refractivity contribution < 1.29 is 9.59 Å². The molecule has 0 unspecified atom stereocenters. The van der Waals surface area contributed by atoms with Gasteiger partial charge >= 0.3 is 0 Å². The van der Waals surface area contributed by atoms with Crippen molar-refractivity contribution in [1.82, 2.24) is 9.88 Å². The molecule has 2 aromatic carbocycles. The van der Waals surface area contributed by atoms with Crippen LogP contribution in [0, 0.1) is 0 Å². The Kier molecular flexibility index (Phi) is 4.79. The number of hydrogen-bond acceptors (Lipinski definition) is 3. The summed E-state index contributed by atoms with van der Waals surface area (Å²) in [6.07, 6.45) is 1.36. The van der Waals surface area contributed by atoms with E-state index in [2.05, 4.69) is 23.2 Å². The van der Waals surface area contributed by atoms with E-state index in [0.717, 1.165) is 28.3 Å². The lowest BCUT2D eigenvalue weighted by molar-refractivity contribution is -0.134. The van der Waals surface area contributed by atoms with E-state index in [1.165, 1.54) is 16.6 Å². The third-order valence-corrected chi connectivity index (χ3v) is 6.86. The molecule has 2 aliphatic rings. The molecule has 1 N–H and O–H groups in total. The molecule has 2 amide bonds. The molecule has 0 saturated carbocycles. The van der Waals surface area contributed by atoms with E-state index in [0.29, 0.717) is 19.6 Å². The van der Waals surface area contributed by atoms with E-state index >= 15 is 0 Å². The zero-order valence-corrected chi connectivity index (χ0v) is 17.0. The van der Waals surface area contributed by atoms with Crippen molar-refractivity contribution >= 4 is 40.2 Å². The first kappa shape index (κ1) is 18.3. The minimum Gasteiger partial charge on any atom is -0.358 e. The van der Waals surface area contributed by atoms with Gasteiger partial charge in [-0.3, -0.25) is 9.59 Å². The van der Waals surface area contributed by atoms with E-state index in [1.807, 2.05) is 40.1 Å². The number of aromatic nitrogens is 1. The summed E-state index contributed by atoms with van der Waals surface area (Å²) in [6.45, 7) is 2.03. The van der Waals surface area contributed by atoms with Crippen LogP contribution in [-0.2, 0) is 22.6 Å². The molecule has 0 atom stereocenters. The predicted molar refractivity (Wildman–Crippen MR) is 116 cm³/mol. The van der Waals surface area contributed by atoms with Crippen LogP contribution in [-0.4, -0.2) is 40.5 Å². The third kappa shape index (κ3) is 3.42. The molecule has 2 aliphatic heterocycles. The number of carbonyl (C=O) groups excluding carboxylic acids is 2. The van der Waals surface area contributed by atoms with Gasteiger partial charge in [-0.2, -0.15) is 0 Å². The quantitative estimate of drug-likeness (QED) is 0.717.